The number of benzene rings is 1. The molecule has 1 atom stereocenters. The van der Waals surface area contributed by atoms with Crippen LogP contribution < -0.4 is 15.4 Å². The van der Waals surface area contributed by atoms with E-state index in [0.29, 0.717) is 18.2 Å². The SMILES string of the molecule is CCNC(=NCc1ccc(Cl)cc1OCC)NC(C)Cc1c(C)nn(C)c1C.I. The van der Waals surface area contributed by atoms with Crippen molar-refractivity contribution >= 4 is 41.5 Å². The molecule has 0 spiro atoms. The van der Waals surface area contributed by atoms with Crippen LogP contribution in [-0.4, -0.2) is 34.9 Å². The van der Waals surface area contributed by atoms with Crippen LogP contribution >= 0.6 is 35.6 Å². The topological polar surface area (TPSA) is 63.5 Å². The average Bonchev–Trinajstić information content (AvgIpc) is 2.87. The first-order valence-corrected chi connectivity index (χ1v) is 10.2. The first kappa shape index (κ1) is 25.6. The zero-order valence-electron chi connectivity index (χ0n) is 18.2. The molecule has 29 heavy (non-hydrogen) atoms. The summed E-state index contributed by atoms with van der Waals surface area (Å²) in [5.74, 6) is 1.57. The van der Waals surface area contributed by atoms with Gasteiger partial charge in [-0.2, -0.15) is 5.10 Å². The zero-order chi connectivity index (χ0) is 20.7. The van der Waals surface area contributed by atoms with Crippen LogP contribution in [0.5, 0.6) is 5.75 Å². The molecule has 0 aliphatic heterocycles. The second-order valence-electron chi connectivity index (χ2n) is 6.90. The number of halogens is 2. The lowest BCUT2D eigenvalue weighted by Gasteiger charge is -2.18. The molecular weight excluding hydrogens is 501 g/mol. The van der Waals surface area contributed by atoms with Gasteiger partial charge in [0, 0.05) is 35.9 Å². The van der Waals surface area contributed by atoms with Crippen molar-refractivity contribution in [1.29, 1.82) is 0 Å². The minimum absolute atomic E-state index is 0. The molecule has 2 rings (SSSR count). The summed E-state index contributed by atoms with van der Waals surface area (Å²) in [7, 11) is 1.98. The van der Waals surface area contributed by atoms with E-state index < -0.39 is 0 Å². The van der Waals surface area contributed by atoms with Crippen LogP contribution in [0.4, 0.5) is 0 Å². The summed E-state index contributed by atoms with van der Waals surface area (Å²) in [5, 5.41) is 12.0. The van der Waals surface area contributed by atoms with E-state index in [9.17, 15) is 0 Å². The van der Waals surface area contributed by atoms with Gasteiger partial charge in [0.05, 0.1) is 18.8 Å². The predicted molar refractivity (Wildman–Crippen MR) is 132 cm³/mol. The van der Waals surface area contributed by atoms with Gasteiger partial charge in [-0.15, -0.1) is 24.0 Å². The maximum Gasteiger partial charge on any atom is 0.191 e. The van der Waals surface area contributed by atoms with Crippen LogP contribution in [0.15, 0.2) is 23.2 Å². The number of aryl methyl sites for hydroxylation is 2. The maximum absolute atomic E-state index is 6.09. The highest BCUT2D eigenvalue weighted by atomic mass is 127. The Morgan fingerprint density at radius 2 is 2.03 bits per heavy atom. The lowest BCUT2D eigenvalue weighted by atomic mass is 10.1. The van der Waals surface area contributed by atoms with E-state index in [0.717, 1.165) is 35.9 Å². The highest BCUT2D eigenvalue weighted by Crippen LogP contribution is 2.24. The summed E-state index contributed by atoms with van der Waals surface area (Å²) in [4.78, 5) is 4.74. The van der Waals surface area contributed by atoms with Gasteiger partial charge >= 0.3 is 0 Å². The summed E-state index contributed by atoms with van der Waals surface area (Å²) >= 11 is 6.09. The van der Waals surface area contributed by atoms with E-state index in [4.69, 9.17) is 21.3 Å². The Hall–Kier alpha value is -1.48. The van der Waals surface area contributed by atoms with Gasteiger partial charge in [-0.3, -0.25) is 4.68 Å². The van der Waals surface area contributed by atoms with Crippen LogP contribution in [0.1, 0.15) is 43.3 Å². The van der Waals surface area contributed by atoms with Crippen LogP contribution in [0, 0.1) is 13.8 Å². The number of aliphatic imine (C=N–C) groups is 1. The standard InChI is InChI=1S/C21H32ClN5O.HI/c1-7-23-21(24-13-17-9-10-18(22)12-20(17)28-8-2)25-14(3)11-19-15(4)26-27(6)16(19)5;/h9-10,12,14H,7-8,11,13H2,1-6H3,(H2,23,24,25);1H. The monoisotopic (exact) mass is 533 g/mol. The number of hydrogen-bond acceptors (Lipinski definition) is 3. The van der Waals surface area contributed by atoms with Crippen molar-refractivity contribution < 1.29 is 4.74 Å². The van der Waals surface area contributed by atoms with Crippen LogP contribution in [0.2, 0.25) is 5.02 Å². The molecule has 0 saturated heterocycles. The van der Waals surface area contributed by atoms with E-state index in [1.807, 2.05) is 36.9 Å². The Bertz CT molecular complexity index is 822. The molecule has 0 bridgehead atoms. The first-order chi connectivity index (χ1) is 13.3. The minimum Gasteiger partial charge on any atom is -0.493 e. The van der Waals surface area contributed by atoms with Gasteiger partial charge in [0.2, 0.25) is 0 Å². The number of aromatic nitrogens is 2. The van der Waals surface area contributed by atoms with Crippen LogP contribution in [0.3, 0.4) is 0 Å². The largest absolute Gasteiger partial charge is 0.493 e. The van der Waals surface area contributed by atoms with Crippen molar-refractivity contribution in [2.24, 2.45) is 12.0 Å². The summed E-state index contributed by atoms with van der Waals surface area (Å²) in [6, 6.07) is 5.89. The number of guanidine groups is 1. The Morgan fingerprint density at radius 3 is 2.62 bits per heavy atom. The Labute approximate surface area is 196 Å². The van der Waals surface area contributed by atoms with Crippen molar-refractivity contribution in [3.05, 3.63) is 45.7 Å². The fourth-order valence-corrected chi connectivity index (χ4v) is 3.30. The van der Waals surface area contributed by atoms with E-state index in [2.05, 4.69) is 43.4 Å². The van der Waals surface area contributed by atoms with Crippen molar-refractivity contribution in [2.45, 2.75) is 53.6 Å². The number of nitrogens with zero attached hydrogens (tertiary/aromatic N) is 3. The summed E-state index contributed by atoms with van der Waals surface area (Å²) < 4.78 is 7.63. The third kappa shape index (κ3) is 7.37. The molecule has 0 aliphatic rings. The van der Waals surface area contributed by atoms with Gasteiger partial charge in [-0.25, -0.2) is 4.99 Å². The Morgan fingerprint density at radius 1 is 1.31 bits per heavy atom. The van der Waals surface area contributed by atoms with E-state index in [-0.39, 0.29) is 30.0 Å². The van der Waals surface area contributed by atoms with Crippen molar-refractivity contribution in [3.8, 4) is 5.75 Å². The minimum atomic E-state index is 0. The Kier molecular flexibility index (Phi) is 10.8. The number of nitrogens with one attached hydrogen (secondary N) is 2. The van der Waals surface area contributed by atoms with Crippen molar-refractivity contribution in [2.75, 3.05) is 13.2 Å². The second kappa shape index (κ2) is 12.3. The Balaban J connectivity index is 0.00000420. The second-order valence-corrected chi connectivity index (χ2v) is 7.34. The molecule has 0 aliphatic carbocycles. The number of hydrogen-bond donors (Lipinski definition) is 2. The molecule has 1 aromatic carbocycles. The van der Waals surface area contributed by atoms with Gasteiger partial charge in [-0.1, -0.05) is 17.7 Å². The van der Waals surface area contributed by atoms with Gasteiger partial charge in [0.15, 0.2) is 5.96 Å². The van der Waals surface area contributed by atoms with Crippen LogP contribution in [0.25, 0.3) is 0 Å². The number of ether oxygens (including phenoxy) is 1. The van der Waals surface area contributed by atoms with E-state index in [1.54, 1.807) is 0 Å². The van der Waals surface area contributed by atoms with Crippen molar-refractivity contribution in [3.63, 3.8) is 0 Å². The third-order valence-electron chi connectivity index (χ3n) is 4.63. The molecule has 0 amide bonds. The fourth-order valence-electron chi connectivity index (χ4n) is 3.14. The maximum atomic E-state index is 6.09. The first-order valence-electron chi connectivity index (χ1n) is 9.80. The quantitative estimate of drug-likeness (QED) is 0.300. The lowest BCUT2D eigenvalue weighted by molar-refractivity contribution is 0.336. The molecular formula is C21H33ClIN5O. The summed E-state index contributed by atoms with van der Waals surface area (Å²) in [6.45, 7) is 12.3. The fraction of sp³-hybridized carbons (Fsp3) is 0.524. The zero-order valence-corrected chi connectivity index (χ0v) is 21.3. The average molecular weight is 534 g/mol. The third-order valence-corrected chi connectivity index (χ3v) is 4.87. The normalized spacial score (nSPS) is 12.3. The molecule has 0 saturated carbocycles. The summed E-state index contributed by atoms with van der Waals surface area (Å²) in [6.07, 6.45) is 0.890. The van der Waals surface area contributed by atoms with Crippen molar-refractivity contribution in [1.82, 2.24) is 20.4 Å². The molecule has 8 heteroatoms. The molecule has 162 valence electrons. The lowest BCUT2D eigenvalue weighted by Crippen LogP contribution is -2.43. The van der Waals surface area contributed by atoms with Gasteiger partial charge < -0.3 is 15.4 Å². The molecule has 0 radical (unpaired) electrons. The van der Waals surface area contributed by atoms with E-state index >= 15 is 0 Å². The molecule has 1 heterocycles. The molecule has 2 aromatic rings. The highest BCUT2D eigenvalue weighted by molar-refractivity contribution is 14.0. The highest BCUT2D eigenvalue weighted by Gasteiger charge is 2.14. The van der Waals surface area contributed by atoms with Gasteiger partial charge in [0.1, 0.15) is 5.75 Å². The molecule has 0 fully saturated rings. The van der Waals surface area contributed by atoms with E-state index in [1.165, 1.54) is 11.3 Å². The summed E-state index contributed by atoms with van der Waals surface area (Å²) in [5.41, 5.74) is 4.58. The van der Waals surface area contributed by atoms with Crippen LogP contribution in [-0.2, 0) is 20.0 Å². The molecule has 2 N–H and O–H groups in total. The van der Waals surface area contributed by atoms with Gasteiger partial charge in [-0.05, 0) is 58.7 Å². The molecule has 6 nitrogen and oxygen atoms in total. The molecule has 1 unspecified atom stereocenters. The van der Waals surface area contributed by atoms with Gasteiger partial charge in [0.25, 0.3) is 0 Å². The predicted octanol–water partition coefficient (Wildman–Crippen LogP) is 4.39. The number of rotatable bonds is 8. The smallest absolute Gasteiger partial charge is 0.191 e. The molecule has 1 aromatic heterocycles.